The number of ether oxygens (including phenoxy) is 1. The highest BCUT2D eigenvalue weighted by molar-refractivity contribution is 9.10. The van der Waals surface area contributed by atoms with Gasteiger partial charge in [-0.3, -0.25) is 0 Å². The van der Waals surface area contributed by atoms with Crippen molar-refractivity contribution in [3.05, 3.63) is 51.2 Å². The van der Waals surface area contributed by atoms with Crippen LogP contribution in [-0.4, -0.2) is 16.6 Å². The predicted octanol–water partition coefficient (Wildman–Crippen LogP) is 5.50. The zero-order chi connectivity index (χ0) is 17.2. The van der Waals surface area contributed by atoms with Crippen LogP contribution in [0.25, 0.3) is 0 Å². The smallest absolute Gasteiger partial charge is 0.340 e. The van der Waals surface area contributed by atoms with Gasteiger partial charge in [-0.2, -0.15) is 0 Å². The first-order chi connectivity index (χ1) is 10.7. The summed E-state index contributed by atoms with van der Waals surface area (Å²) in [5.74, 6) is -0.380. The molecule has 4 nitrogen and oxygen atoms in total. The van der Waals surface area contributed by atoms with Gasteiger partial charge in [0.1, 0.15) is 10.2 Å². The molecule has 2 aromatic rings. The Hall–Kier alpha value is -1.59. The minimum Gasteiger partial charge on any atom is -0.456 e. The fourth-order valence-corrected chi connectivity index (χ4v) is 2.40. The Bertz CT molecular complexity index is 742. The lowest BCUT2D eigenvalue weighted by Gasteiger charge is -2.21. The van der Waals surface area contributed by atoms with Crippen molar-refractivity contribution in [3.63, 3.8) is 0 Å². The number of esters is 1. The number of halogens is 2. The number of rotatable bonds is 3. The lowest BCUT2D eigenvalue weighted by atomic mass is 10.1. The zero-order valence-electron chi connectivity index (χ0n) is 13.4. The third kappa shape index (κ3) is 4.94. The molecular formula is C17H18BrClN2O2. The molecule has 2 rings (SSSR count). The summed E-state index contributed by atoms with van der Waals surface area (Å²) in [5, 5.41) is 3.68. The maximum Gasteiger partial charge on any atom is 0.340 e. The first-order valence-corrected chi connectivity index (χ1v) is 8.25. The molecular weight excluding hydrogens is 380 g/mol. The van der Waals surface area contributed by atoms with Crippen LogP contribution in [0.4, 0.5) is 11.4 Å². The van der Waals surface area contributed by atoms with Crippen LogP contribution in [0.5, 0.6) is 0 Å². The summed E-state index contributed by atoms with van der Waals surface area (Å²) in [7, 11) is 0. The zero-order valence-corrected chi connectivity index (χ0v) is 15.7. The Balaban J connectivity index is 2.39. The van der Waals surface area contributed by atoms with Crippen molar-refractivity contribution >= 4 is 44.9 Å². The second kappa shape index (κ2) is 6.89. The van der Waals surface area contributed by atoms with Crippen LogP contribution in [0.15, 0.2) is 35.1 Å². The van der Waals surface area contributed by atoms with Gasteiger partial charge in [0.15, 0.2) is 0 Å². The van der Waals surface area contributed by atoms with E-state index in [4.69, 9.17) is 16.3 Å². The Morgan fingerprint density at radius 3 is 2.61 bits per heavy atom. The minimum absolute atomic E-state index is 0.380. The van der Waals surface area contributed by atoms with Crippen LogP contribution in [0.3, 0.4) is 0 Å². The average Bonchev–Trinajstić information content (AvgIpc) is 2.43. The number of carbonyl (C=O) groups is 1. The highest BCUT2D eigenvalue weighted by Crippen LogP contribution is 2.29. The molecule has 122 valence electrons. The molecule has 0 spiro atoms. The third-order valence-corrected chi connectivity index (χ3v) is 3.71. The Morgan fingerprint density at radius 1 is 1.26 bits per heavy atom. The SMILES string of the molecule is Cc1ccc(Nc2cc(Cl)cnc2Br)c(C(=O)OC(C)(C)C)c1. The molecule has 0 saturated heterocycles. The number of hydrogen-bond acceptors (Lipinski definition) is 4. The number of carbonyl (C=O) groups excluding carboxylic acids is 1. The number of aryl methyl sites for hydroxylation is 1. The molecule has 0 amide bonds. The average molecular weight is 398 g/mol. The van der Waals surface area contributed by atoms with Gasteiger partial charge in [-0.25, -0.2) is 9.78 Å². The molecule has 0 radical (unpaired) electrons. The number of hydrogen-bond donors (Lipinski definition) is 1. The van der Waals surface area contributed by atoms with Gasteiger partial charge in [0, 0.05) is 6.20 Å². The van der Waals surface area contributed by atoms with E-state index in [-0.39, 0.29) is 5.97 Å². The van der Waals surface area contributed by atoms with E-state index in [1.807, 2.05) is 39.8 Å². The number of anilines is 2. The Labute approximate surface area is 149 Å². The van der Waals surface area contributed by atoms with Crippen LogP contribution >= 0.6 is 27.5 Å². The van der Waals surface area contributed by atoms with Gasteiger partial charge in [-0.15, -0.1) is 0 Å². The largest absolute Gasteiger partial charge is 0.456 e. The van der Waals surface area contributed by atoms with Gasteiger partial charge in [0.2, 0.25) is 0 Å². The first-order valence-electron chi connectivity index (χ1n) is 7.08. The van der Waals surface area contributed by atoms with E-state index in [9.17, 15) is 4.79 Å². The van der Waals surface area contributed by atoms with E-state index < -0.39 is 5.60 Å². The van der Waals surface area contributed by atoms with Crippen molar-refractivity contribution in [3.8, 4) is 0 Å². The van der Waals surface area contributed by atoms with Crippen LogP contribution in [-0.2, 0) is 4.74 Å². The van der Waals surface area contributed by atoms with E-state index in [0.29, 0.717) is 26.6 Å². The molecule has 1 aromatic carbocycles. The van der Waals surface area contributed by atoms with Crippen molar-refractivity contribution in [2.24, 2.45) is 0 Å². The van der Waals surface area contributed by atoms with E-state index in [2.05, 4.69) is 26.2 Å². The monoisotopic (exact) mass is 396 g/mol. The molecule has 23 heavy (non-hydrogen) atoms. The van der Waals surface area contributed by atoms with Gasteiger partial charge < -0.3 is 10.1 Å². The summed E-state index contributed by atoms with van der Waals surface area (Å²) < 4.78 is 6.09. The number of pyridine rings is 1. The molecule has 1 heterocycles. The fourth-order valence-electron chi connectivity index (χ4n) is 1.92. The lowest BCUT2D eigenvalue weighted by Crippen LogP contribution is -2.24. The highest BCUT2D eigenvalue weighted by Gasteiger charge is 2.21. The van der Waals surface area contributed by atoms with E-state index in [1.54, 1.807) is 18.3 Å². The van der Waals surface area contributed by atoms with Crippen molar-refractivity contribution < 1.29 is 9.53 Å². The topological polar surface area (TPSA) is 51.2 Å². The molecule has 0 fully saturated rings. The Morgan fingerprint density at radius 2 is 1.96 bits per heavy atom. The maximum absolute atomic E-state index is 12.5. The third-order valence-electron chi connectivity index (χ3n) is 2.87. The summed E-state index contributed by atoms with van der Waals surface area (Å²) in [6, 6.07) is 7.28. The van der Waals surface area contributed by atoms with E-state index in [1.165, 1.54) is 0 Å². The molecule has 0 unspecified atom stereocenters. The van der Waals surface area contributed by atoms with Gasteiger partial charge in [-0.1, -0.05) is 23.2 Å². The van der Waals surface area contributed by atoms with Gasteiger partial charge in [0.25, 0.3) is 0 Å². The van der Waals surface area contributed by atoms with E-state index >= 15 is 0 Å². The molecule has 6 heteroatoms. The molecule has 0 aliphatic carbocycles. The normalized spacial score (nSPS) is 11.2. The summed E-state index contributed by atoms with van der Waals surface area (Å²) in [6.07, 6.45) is 1.54. The molecule has 0 atom stereocenters. The highest BCUT2D eigenvalue weighted by atomic mass is 79.9. The number of nitrogens with one attached hydrogen (secondary N) is 1. The summed E-state index contributed by atoms with van der Waals surface area (Å²) in [6.45, 7) is 7.44. The molecule has 1 aromatic heterocycles. The second-order valence-corrected chi connectivity index (χ2v) is 7.36. The van der Waals surface area contributed by atoms with Gasteiger partial charge >= 0.3 is 5.97 Å². The standard InChI is InChI=1S/C17H18BrClN2O2/c1-10-5-6-13(12(7-10)16(22)23-17(2,3)4)21-14-8-11(19)9-20-15(14)18/h5-9,21H,1-4H3. The van der Waals surface area contributed by atoms with Crippen LogP contribution in [0.1, 0.15) is 36.7 Å². The fraction of sp³-hybridized carbons (Fsp3) is 0.294. The summed E-state index contributed by atoms with van der Waals surface area (Å²) in [4.78, 5) is 16.6. The van der Waals surface area contributed by atoms with Crippen molar-refractivity contribution in [2.45, 2.75) is 33.3 Å². The van der Waals surface area contributed by atoms with Crippen LogP contribution in [0, 0.1) is 6.92 Å². The maximum atomic E-state index is 12.5. The molecule has 0 aliphatic rings. The minimum atomic E-state index is -0.559. The molecule has 1 N–H and O–H groups in total. The summed E-state index contributed by atoms with van der Waals surface area (Å²) >= 11 is 9.35. The molecule has 0 saturated carbocycles. The quantitative estimate of drug-likeness (QED) is 0.548. The number of aromatic nitrogens is 1. The number of nitrogens with zero attached hydrogens (tertiary/aromatic N) is 1. The lowest BCUT2D eigenvalue weighted by molar-refractivity contribution is 0.00706. The van der Waals surface area contributed by atoms with Crippen LogP contribution in [0.2, 0.25) is 5.02 Å². The van der Waals surface area contributed by atoms with Gasteiger partial charge in [-0.05, 0) is 61.8 Å². The first kappa shape index (κ1) is 17.8. The van der Waals surface area contributed by atoms with Crippen molar-refractivity contribution in [1.29, 1.82) is 0 Å². The van der Waals surface area contributed by atoms with Crippen LogP contribution < -0.4 is 5.32 Å². The van der Waals surface area contributed by atoms with E-state index in [0.717, 1.165) is 5.56 Å². The second-order valence-electron chi connectivity index (χ2n) is 6.17. The molecule has 0 aliphatic heterocycles. The van der Waals surface area contributed by atoms with Crippen molar-refractivity contribution in [2.75, 3.05) is 5.32 Å². The van der Waals surface area contributed by atoms with Gasteiger partial charge in [0.05, 0.1) is 22.0 Å². The van der Waals surface area contributed by atoms with Crippen molar-refractivity contribution in [1.82, 2.24) is 4.98 Å². The number of benzene rings is 1. The predicted molar refractivity (Wildman–Crippen MR) is 96.6 cm³/mol. The Kier molecular flexibility index (Phi) is 5.32. The molecule has 0 bridgehead atoms. The summed E-state index contributed by atoms with van der Waals surface area (Å²) in [5.41, 5.74) is 2.18.